The molecule has 6 rings (SSSR count). The standard InChI is InChI=1S/C23H19F3N2O4/c24-23(25,26)14-5-4-6-15(11-14)28-20(29)18-13-9-10-17(19(18)21(28)30)27(12-13)22(31)32-16-7-2-1-3-8-16/h1-8,11,13,17-19H,9-10,12H2/t13-,17-,18+,19-/m0/s1. The molecule has 1 saturated carbocycles. The molecule has 0 aromatic heterocycles. The summed E-state index contributed by atoms with van der Waals surface area (Å²) in [6, 6.07) is 12.2. The molecule has 3 heterocycles. The molecule has 9 heteroatoms. The predicted octanol–water partition coefficient (Wildman–Crippen LogP) is 4.10. The van der Waals surface area contributed by atoms with Crippen molar-refractivity contribution in [1.29, 1.82) is 0 Å². The van der Waals surface area contributed by atoms with Crippen LogP contribution in [0.4, 0.5) is 23.7 Å². The van der Waals surface area contributed by atoms with Crippen molar-refractivity contribution in [2.75, 3.05) is 11.4 Å². The normalized spacial score (nSPS) is 27.0. The van der Waals surface area contributed by atoms with Crippen LogP contribution < -0.4 is 9.64 Å². The Morgan fingerprint density at radius 3 is 2.38 bits per heavy atom. The topological polar surface area (TPSA) is 66.9 Å². The van der Waals surface area contributed by atoms with E-state index in [0.29, 0.717) is 18.6 Å². The van der Waals surface area contributed by atoms with Crippen molar-refractivity contribution in [2.24, 2.45) is 17.8 Å². The number of fused-ring (bicyclic) bond motifs is 2. The van der Waals surface area contributed by atoms with Crippen molar-refractivity contribution in [3.8, 4) is 5.75 Å². The van der Waals surface area contributed by atoms with Crippen LogP contribution in [0.5, 0.6) is 5.75 Å². The van der Waals surface area contributed by atoms with Gasteiger partial charge in [0.1, 0.15) is 5.75 Å². The number of amides is 3. The lowest BCUT2D eigenvalue weighted by atomic mass is 9.66. The van der Waals surface area contributed by atoms with Crippen molar-refractivity contribution in [2.45, 2.75) is 25.1 Å². The van der Waals surface area contributed by atoms with Crippen molar-refractivity contribution in [3.05, 3.63) is 60.2 Å². The molecule has 0 unspecified atom stereocenters. The van der Waals surface area contributed by atoms with Crippen LogP contribution in [-0.4, -0.2) is 35.4 Å². The SMILES string of the molecule is O=C1[C@@H]2[C@H]3CC[C@@H]([C@@H]2C(=O)N1c1cccc(C(F)(F)F)c1)N(C(=O)Oc1ccccc1)C3. The van der Waals surface area contributed by atoms with Crippen molar-refractivity contribution < 1.29 is 32.3 Å². The Labute approximate surface area is 181 Å². The first-order valence-corrected chi connectivity index (χ1v) is 10.3. The van der Waals surface area contributed by atoms with Crippen LogP contribution in [0.3, 0.4) is 0 Å². The number of rotatable bonds is 2. The Morgan fingerprint density at radius 1 is 0.938 bits per heavy atom. The van der Waals surface area contributed by atoms with Gasteiger partial charge in [-0.25, -0.2) is 9.69 Å². The average Bonchev–Trinajstić information content (AvgIpc) is 3.06. The van der Waals surface area contributed by atoms with Crippen LogP contribution in [0, 0.1) is 17.8 Å². The second kappa shape index (κ2) is 7.36. The summed E-state index contributed by atoms with van der Waals surface area (Å²) in [6.07, 6.45) is -3.99. The van der Waals surface area contributed by atoms with E-state index < -0.39 is 47.5 Å². The molecule has 4 aliphatic rings. The molecular weight excluding hydrogens is 425 g/mol. The van der Waals surface area contributed by atoms with Gasteiger partial charge in [-0.2, -0.15) is 13.2 Å². The average molecular weight is 444 g/mol. The number of ether oxygens (including phenoxy) is 1. The zero-order valence-corrected chi connectivity index (χ0v) is 16.8. The van der Waals surface area contributed by atoms with Crippen LogP contribution in [0.1, 0.15) is 18.4 Å². The van der Waals surface area contributed by atoms with Crippen LogP contribution >= 0.6 is 0 Å². The third kappa shape index (κ3) is 3.23. The highest BCUT2D eigenvalue weighted by Crippen LogP contribution is 2.49. The number of hydrogen-bond donors (Lipinski definition) is 0. The quantitative estimate of drug-likeness (QED) is 0.654. The van der Waals surface area contributed by atoms with Crippen LogP contribution in [-0.2, 0) is 15.8 Å². The summed E-state index contributed by atoms with van der Waals surface area (Å²) in [5.74, 6) is -2.36. The number of carbonyl (C=O) groups excluding carboxylic acids is 3. The summed E-state index contributed by atoms with van der Waals surface area (Å²) in [4.78, 5) is 41.6. The lowest BCUT2D eigenvalue weighted by Gasteiger charge is -2.49. The zero-order chi connectivity index (χ0) is 22.6. The minimum Gasteiger partial charge on any atom is -0.410 e. The molecule has 3 amide bonds. The predicted molar refractivity (Wildman–Crippen MR) is 107 cm³/mol. The Kier molecular flexibility index (Phi) is 4.72. The largest absolute Gasteiger partial charge is 0.416 e. The highest BCUT2D eigenvalue weighted by molar-refractivity contribution is 6.22. The van der Waals surface area contributed by atoms with Crippen LogP contribution in [0.15, 0.2) is 54.6 Å². The summed E-state index contributed by atoms with van der Waals surface area (Å²) in [5.41, 5.74) is -1.02. The Balaban J connectivity index is 1.43. The minimum atomic E-state index is -4.59. The number of benzene rings is 2. The zero-order valence-electron chi connectivity index (χ0n) is 16.8. The fourth-order valence-electron chi connectivity index (χ4n) is 5.23. The smallest absolute Gasteiger partial charge is 0.410 e. The molecule has 4 fully saturated rings. The highest BCUT2D eigenvalue weighted by atomic mass is 19.4. The maximum absolute atomic E-state index is 13.3. The van der Waals surface area contributed by atoms with E-state index in [0.717, 1.165) is 17.0 Å². The van der Waals surface area contributed by atoms with Gasteiger partial charge in [-0.1, -0.05) is 24.3 Å². The summed E-state index contributed by atoms with van der Waals surface area (Å²) in [7, 11) is 0. The number of carbonyl (C=O) groups is 3. The molecule has 0 radical (unpaired) electrons. The fourth-order valence-corrected chi connectivity index (χ4v) is 5.23. The molecule has 3 aliphatic heterocycles. The van der Waals surface area contributed by atoms with E-state index in [1.54, 1.807) is 30.3 Å². The number of halogens is 3. The number of nitrogens with zero attached hydrogens (tertiary/aromatic N) is 2. The second-order valence-electron chi connectivity index (χ2n) is 8.35. The van der Waals surface area contributed by atoms with E-state index in [1.807, 2.05) is 0 Å². The summed E-state index contributed by atoms with van der Waals surface area (Å²) in [5, 5.41) is 0. The first-order valence-electron chi connectivity index (χ1n) is 10.3. The van der Waals surface area contributed by atoms with Gasteiger partial charge in [0.05, 0.1) is 23.1 Å². The highest BCUT2D eigenvalue weighted by Gasteiger charge is 2.61. The van der Waals surface area contributed by atoms with E-state index in [-0.39, 0.29) is 18.2 Å². The number of piperidine rings is 2. The third-order valence-electron chi connectivity index (χ3n) is 6.60. The van der Waals surface area contributed by atoms with E-state index in [1.165, 1.54) is 17.0 Å². The molecule has 6 nitrogen and oxygen atoms in total. The number of alkyl halides is 3. The third-order valence-corrected chi connectivity index (χ3v) is 6.60. The van der Waals surface area contributed by atoms with Gasteiger partial charge < -0.3 is 9.64 Å². The molecule has 4 atom stereocenters. The van der Waals surface area contributed by atoms with Gasteiger partial charge in [-0.05, 0) is 49.1 Å². The maximum Gasteiger partial charge on any atom is 0.416 e. The number of hydrogen-bond acceptors (Lipinski definition) is 4. The Morgan fingerprint density at radius 2 is 1.66 bits per heavy atom. The lowest BCUT2D eigenvalue weighted by molar-refractivity contribution is -0.137. The fraction of sp³-hybridized carbons (Fsp3) is 0.348. The van der Waals surface area contributed by atoms with E-state index in [9.17, 15) is 27.6 Å². The lowest BCUT2D eigenvalue weighted by Crippen LogP contribution is -2.60. The molecule has 166 valence electrons. The summed E-state index contributed by atoms with van der Waals surface area (Å²) < 4.78 is 44.9. The molecule has 0 spiro atoms. The molecule has 2 aromatic carbocycles. The summed E-state index contributed by atoms with van der Waals surface area (Å²) >= 11 is 0. The molecule has 32 heavy (non-hydrogen) atoms. The van der Waals surface area contributed by atoms with Crippen molar-refractivity contribution in [3.63, 3.8) is 0 Å². The van der Waals surface area contributed by atoms with E-state index >= 15 is 0 Å². The molecule has 0 N–H and O–H groups in total. The monoisotopic (exact) mass is 444 g/mol. The van der Waals surface area contributed by atoms with Crippen molar-refractivity contribution in [1.82, 2.24) is 4.90 Å². The Bertz CT molecular complexity index is 1090. The van der Waals surface area contributed by atoms with Crippen LogP contribution in [0.2, 0.25) is 0 Å². The molecule has 1 aliphatic carbocycles. The first kappa shape index (κ1) is 20.5. The number of anilines is 1. The summed E-state index contributed by atoms with van der Waals surface area (Å²) in [6.45, 7) is 0.271. The van der Waals surface area contributed by atoms with Gasteiger partial charge in [0, 0.05) is 12.6 Å². The molecule has 2 aromatic rings. The molecule has 3 saturated heterocycles. The van der Waals surface area contributed by atoms with Gasteiger partial charge in [-0.3, -0.25) is 9.59 Å². The number of para-hydroxylation sites is 1. The Hall–Kier alpha value is -3.36. The van der Waals surface area contributed by atoms with E-state index in [2.05, 4.69) is 0 Å². The first-order chi connectivity index (χ1) is 15.3. The minimum absolute atomic E-state index is 0.0953. The van der Waals surface area contributed by atoms with Gasteiger partial charge in [0.25, 0.3) is 0 Å². The van der Waals surface area contributed by atoms with E-state index in [4.69, 9.17) is 4.74 Å². The van der Waals surface area contributed by atoms with Crippen molar-refractivity contribution >= 4 is 23.6 Å². The maximum atomic E-state index is 13.3. The van der Waals surface area contributed by atoms with Gasteiger partial charge in [-0.15, -0.1) is 0 Å². The number of imide groups is 1. The van der Waals surface area contributed by atoms with Gasteiger partial charge in [0.15, 0.2) is 0 Å². The van der Waals surface area contributed by atoms with Gasteiger partial charge in [0.2, 0.25) is 11.8 Å². The molecular formula is C23H19F3N2O4. The van der Waals surface area contributed by atoms with Crippen LogP contribution in [0.25, 0.3) is 0 Å². The molecule has 2 bridgehead atoms. The second-order valence-corrected chi connectivity index (χ2v) is 8.35. The van der Waals surface area contributed by atoms with Gasteiger partial charge >= 0.3 is 12.3 Å².